The number of rotatable bonds is 3. The molecule has 94 valence electrons. The average Bonchev–Trinajstić information content (AvgIpc) is 2.68. The zero-order valence-corrected chi connectivity index (χ0v) is 10.5. The van der Waals surface area contributed by atoms with E-state index in [1.165, 1.54) is 4.90 Å². The van der Waals surface area contributed by atoms with Crippen molar-refractivity contribution in [1.82, 2.24) is 9.80 Å². The average molecular weight is 245 g/mol. The Hall–Kier alpha value is -2.22. The first-order valence-electron chi connectivity index (χ1n) is 5.84. The summed E-state index contributed by atoms with van der Waals surface area (Å²) >= 11 is 0. The van der Waals surface area contributed by atoms with Crippen molar-refractivity contribution in [2.75, 3.05) is 20.2 Å². The Labute approximate surface area is 106 Å². The van der Waals surface area contributed by atoms with Crippen LogP contribution in [0.1, 0.15) is 18.5 Å². The van der Waals surface area contributed by atoms with Crippen molar-refractivity contribution in [3.63, 3.8) is 0 Å². The summed E-state index contributed by atoms with van der Waals surface area (Å²) in [6.45, 7) is 2.96. The number of likely N-dealkylation sites (N-methyl/N-ethyl adjacent to an activating group) is 1. The lowest BCUT2D eigenvalue weighted by molar-refractivity contribution is 0.205. The monoisotopic (exact) mass is 245 g/mol. The lowest BCUT2D eigenvalue weighted by Crippen LogP contribution is -2.26. The van der Waals surface area contributed by atoms with E-state index in [1.54, 1.807) is 11.9 Å². The quantitative estimate of drug-likeness (QED) is 0.765. The minimum Gasteiger partial charge on any atom is -0.494 e. The van der Waals surface area contributed by atoms with E-state index in [0.29, 0.717) is 13.2 Å². The molecule has 1 heterocycles. The van der Waals surface area contributed by atoms with Gasteiger partial charge in [0.15, 0.2) is 6.19 Å². The van der Waals surface area contributed by atoms with Crippen LogP contribution >= 0.6 is 0 Å². The van der Waals surface area contributed by atoms with E-state index in [9.17, 15) is 4.79 Å². The molecule has 2 amide bonds. The highest BCUT2D eigenvalue weighted by molar-refractivity contribution is 5.78. The summed E-state index contributed by atoms with van der Waals surface area (Å²) in [5.41, 5.74) is 1.01. The largest absolute Gasteiger partial charge is 0.494 e. The Morgan fingerprint density at radius 3 is 2.61 bits per heavy atom. The molecule has 1 aliphatic rings. The standard InChI is InChI=1S/C13H15N3O2/c1-3-18-11-6-4-10(5-7-11)12-8-16(9-14)13(17)15(12)2/h4-7,12H,3,8H2,1-2H3. The van der Waals surface area contributed by atoms with E-state index in [1.807, 2.05) is 37.4 Å². The number of amides is 2. The molecule has 2 rings (SSSR count). The Morgan fingerprint density at radius 2 is 2.11 bits per heavy atom. The van der Waals surface area contributed by atoms with Gasteiger partial charge in [-0.2, -0.15) is 5.26 Å². The molecule has 5 nitrogen and oxygen atoms in total. The Balaban J connectivity index is 2.17. The van der Waals surface area contributed by atoms with Crippen LogP contribution in [0.4, 0.5) is 4.79 Å². The van der Waals surface area contributed by atoms with Gasteiger partial charge in [-0.25, -0.2) is 9.69 Å². The van der Waals surface area contributed by atoms with Crippen molar-refractivity contribution in [1.29, 1.82) is 5.26 Å². The zero-order chi connectivity index (χ0) is 13.1. The molecule has 1 saturated heterocycles. The molecule has 0 spiro atoms. The van der Waals surface area contributed by atoms with Crippen molar-refractivity contribution >= 4 is 6.03 Å². The number of nitrogens with zero attached hydrogens (tertiary/aromatic N) is 3. The minimum atomic E-state index is -0.253. The highest BCUT2D eigenvalue weighted by atomic mass is 16.5. The smallest absolute Gasteiger partial charge is 0.333 e. The predicted molar refractivity (Wildman–Crippen MR) is 65.8 cm³/mol. The van der Waals surface area contributed by atoms with Crippen LogP contribution in [0.2, 0.25) is 0 Å². The third-order valence-electron chi connectivity index (χ3n) is 3.05. The van der Waals surface area contributed by atoms with Gasteiger partial charge in [0.25, 0.3) is 0 Å². The van der Waals surface area contributed by atoms with Crippen LogP contribution in [0.15, 0.2) is 24.3 Å². The second kappa shape index (κ2) is 4.96. The SMILES string of the molecule is CCOc1ccc(C2CN(C#N)C(=O)N2C)cc1. The maximum absolute atomic E-state index is 11.7. The highest BCUT2D eigenvalue weighted by Crippen LogP contribution is 2.28. The van der Waals surface area contributed by atoms with Gasteiger partial charge in [-0.05, 0) is 24.6 Å². The fraction of sp³-hybridized carbons (Fsp3) is 0.385. The minimum absolute atomic E-state index is 0.0761. The van der Waals surface area contributed by atoms with Gasteiger partial charge in [0.05, 0.1) is 19.2 Å². The summed E-state index contributed by atoms with van der Waals surface area (Å²) in [5, 5.41) is 8.84. The Morgan fingerprint density at radius 1 is 1.44 bits per heavy atom. The van der Waals surface area contributed by atoms with Gasteiger partial charge in [-0.3, -0.25) is 0 Å². The molecule has 0 radical (unpaired) electrons. The van der Waals surface area contributed by atoms with Crippen LogP contribution < -0.4 is 4.74 Å². The third-order valence-corrected chi connectivity index (χ3v) is 3.05. The topological polar surface area (TPSA) is 56.6 Å². The van der Waals surface area contributed by atoms with Crippen LogP contribution in [0, 0.1) is 11.5 Å². The number of nitriles is 1. The summed E-state index contributed by atoms with van der Waals surface area (Å²) in [6, 6.07) is 7.29. The molecule has 0 saturated carbocycles. The van der Waals surface area contributed by atoms with Crippen molar-refractivity contribution in [3.05, 3.63) is 29.8 Å². The van der Waals surface area contributed by atoms with Crippen molar-refractivity contribution < 1.29 is 9.53 Å². The second-order valence-corrected chi connectivity index (χ2v) is 4.12. The second-order valence-electron chi connectivity index (χ2n) is 4.12. The van der Waals surface area contributed by atoms with Crippen molar-refractivity contribution in [2.45, 2.75) is 13.0 Å². The van der Waals surface area contributed by atoms with Crippen molar-refractivity contribution in [3.8, 4) is 11.9 Å². The van der Waals surface area contributed by atoms with Gasteiger partial charge in [0, 0.05) is 7.05 Å². The first-order valence-corrected chi connectivity index (χ1v) is 5.84. The summed E-state index contributed by atoms with van der Waals surface area (Å²) in [6.07, 6.45) is 1.89. The van der Waals surface area contributed by atoms with Gasteiger partial charge in [0.2, 0.25) is 0 Å². The number of urea groups is 1. The zero-order valence-electron chi connectivity index (χ0n) is 10.5. The number of ether oxygens (including phenoxy) is 1. The van der Waals surface area contributed by atoms with Gasteiger partial charge >= 0.3 is 6.03 Å². The molecule has 0 bridgehead atoms. The number of benzene rings is 1. The molecule has 18 heavy (non-hydrogen) atoms. The Bertz CT molecular complexity index is 478. The Kier molecular flexibility index (Phi) is 3.38. The molecule has 0 N–H and O–H groups in total. The maximum Gasteiger partial charge on any atom is 0.333 e. The van der Waals surface area contributed by atoms with Crippen LogP contribution in [-0.4, -0.2) is 36.0 Å². The summed E-state index contributed by atoms with van der Waals surface area (Å²) < 4.78 is 5.37. The number of carbonyl (C=O) groups is 1. The van der Waals surface area contributed by atoms with E-state index in [0.717, 1.165) is 11.3 Å². The third kappa shape index (κ3) is 2.09. The molecule has 1 fully saturated rings. The molecule has 5 heteroatoms. The molecule has 1 atom stereocenters. The van der Waals surface area contributed by atoms with Gasteiger partial charge in [-0.1, -0.05) is 12.1 Å². The van der Waals surface area contributed by atoms with Crippen LogP contribution in [0.25, 0.3) is 0 Å². The lowest BCUT2D eigenvalue weighted by Gasteiger charge is -2.18. The summed E-state index contributed by atoms with van der Waals surface area (Å²) in [4.78, 5) is 14.4. The number of hydrogen-bond acceptors (Lipinski definition) is 3. The van der Waals surface area contributed by atoms with Gasteiger partial charge < -0.3 is 9.64 Å². The molecule has 1 unspecified atom stereocenters. The first-order chi connectivity index (χ1) is 8.67. The molecule has 0 aromatic heterocycles. The maximum atomic E-state index is 11.7. The lowest BCUT2D eigenvalue weighted by atomic mass is 10.1. The number of carbonyl (C=O) groups excluding carboxylic acids is 1. The molecular weight excluding hydrogens is 230 g/mol. The van der Waals surface area contributed by atoms with Crippen LogP contribution in [-0.2, 0) is 0 Å². The molecule has 1 aliphatic heterocycles. The molecule has 0 aliphatic carbocycles. The summed E-state index contributed by atoms with van der Waals surface area (Å²) in [7, 11) is 1.71. The van der Waals surface area contributed by atoms with E-state index in [2.05, 4.69) is 0 Å². The van der Waals surface area contributed by atoms with Crippen LogP contribution in [0.3, 0.4) is 0 Å². The molecular formula is C13H15N3O2. The normalized spacial score (nSPS) is 18.9. The molecule has 1 aromatic carbocycles. The first kappa shape index (κ1) is 12.2. The molecule has 1 aromatic rings. The number of hydrogen-bond donors (Lipinski definition) is 0. The van der Waals surface area contributed by atoms with E-state index >= 15 is 0 Å². The fourth-order valence-corrected chi connectivity index (χ4v) is 2.06. The van der Waals surface area contributed by atoms with E-state index < -0.39 is 0 Å². The van der Waals surface area contributed by atoms with Gasteiger partial charge in [0.1, 0.15) is 5.75 Å². The predicted octanol–water partition coefficient (Wildman–Crippen LogP) is 1.97. The van der Waals surface area contributed by atoms with E-state index in [4.69, 9.17) is 10.00 Å². The summed E-state index contributed by atoms with van der Waals surface area (Å²) in [5.74, 6) is 0.811. The fourth-order valence-electron chi connectivity index (χ4n) is 2.06. The van der Waals surface area contributed by atoms with Gasteiger partial charge in [-0.15, -0.1) is 0 Å². The highest BCUT2D eigenvalue weighted by Gasteiger charge is 2.35. The van der Waals surface area contributed by atoms with E-state index in [-0.39, 0.29) is 12.1 Å². The van der Waals surface area contributed by atoms with Crippen molar-refractivity contribution in [2.24, 2.45) is 0 Å². The van der Waals surface area contributed by atoms with Crippen LogP contribution in [0.5, 0.6) is 5.75 Å².